The van der Waals surface area contributed by atoms with E-state index in [1.807, 2.05) is 35.2 Å². The summed E-state index contributed by atoms with van der Waals surface area (Å²) in [5.41, 5.74) is 9.09. The third-order valence-corrected chi connectivity index (χ3v) is 9.03. The van der Waals surface area contributed by atoms with Gasteiger partial charge in [0.05, 0.1) is 11.6 Å². The second-order valence-corrected chi connectivity index (χ2v) is 12.0. The van der Waals surface area contributed by atoms with E-state index in [0.717, 1.165) is 50.0 Å². The average molecular weight is 615 g/mol. The van der Waals surface area contributed by atoms with Crippen molar-refractivity contribution in [3.63, 3.8) is 0 Å². The second-order valence-electron chi connectivity index (χ2n) is 11.5. The summed E-state index contributed by atoms with van der Waals surface area (Å²) in [6.07, 6.45) is -2.01. The Morgan fingerprint density at radius 2 is 1.63 bits per heavy atom. The SMILES string of the molecule is N[C@@H](C(=O)N1CCN(Cc2c(O)cccc2C(F)(F)F)CC1)C1CCN(CCc2cc(Cl)ccc2-c2ccccc2)CC1. The van der Waals surface area contributed by atoms with Crippen LogP contribution in [0.2, 0.25) is 5.02 Å². The van der Waals surface area contributed by atoms with Crippen LogP contribution >= 0.6 is 11.6 Å². The van der Waals surface area contributed by atoms with Crippen LogP contribution in [0.4, 0.5) is 13.2 Å². The molecule has 1 amide bonds. The molecule has 3 aromatic carbocycles. The number of nitrogens with two attached hydrogens (primary N) is 1. The van der Waals surface area contributed by atoms with Gasteiger partial charge < -0.3 is 20.6 Å². The molecule has 2 aliphatic rings. The number of carbonyl (C=O) groups is 1. The van der Waals surface area contributed by atoms with Gasteiger partial charge in [0, 0.05) is 49.9 Å². The molecule has 43 heavy (non-hydrogen) atoms. The van der Waals surface area contributed by atoms with E-state index in [1.54, 1.807) is 4.90 Å². The molecule has 10 heteroatoms. The molecule has 0 radical (unpaired) electrons. The van der Waals surface area contributed by atoms with Crippen molar-refractivity contribution in [3.8, 4) is 16.9 Å². The maximum absolute atomic E-state index is 13.5. The molecule has 2 aliphatic heterocycles. The number of halogens is 4. The topological polar surface area (TPSA) is 73.0 Å². The van der Waals surface area contributed by atoms with Crippen LogP contribution in [0.3, 0.4) is 0 Å². The van der Waals surface area contributed by atoms with Crippen LogP contribution in [0.1, 0.15) is 29.5 Å². The van der Waals surface area contributed by atoms with Gasteiger partial charge in [0.25, 0.3) is 0 Å². The van der Waals surface area contributed by atoms with E-state index in [1.165, 1.54) is 28.8 Å². The van der Waals surface area contributed by atoms with Crippen LogP contribution in [0, 0.1) is 5.92 Å². The minimum atomic E-state index is -4.55. The highest BCUT2D eigenvalue weighted by atomic mass is 35.5. The molecule has 2 fully saturated rings. The summed E-state index contributed by atoms with van der Waals surface area (Å²) in [5, 5.41) is 10.8. The highest BCUT2D eigenvalue weighted by molar-refractivity contribution is 6.30. The number of benzene rings is 3. The van der Waals surface area contributed by atoms with E-state index in [9.17, 15) is 23.1 Å². The Hall–Kier alpha value is -3.11. The largest absolute Gasteiger partial charge is 0.508 e. The molecule has 0 spiro atoms. The van der Waals surface area contributed by atoms with Crippen molar-refractivity contribution < 1.29 is 23.1 Å². The maximum atomic E-state index is 13.5. The number of carbonyl (C=O) groups excluding carboxylic acids is 1. The zero-order valence-corrected chi connectivity index (χ0v) is 24.8. The normalized spacial score (nSPS) is 18.1. The Morgan fingerprint density at radius 3 is 2.30 bits per heavy atom. The van der Waals surface area contributed by atoms with Gasteiger partial charge in [0.2, 0.25) is 5.91 Å². The number of piperidine rings is 1. The van der Waals surface area contributed by atoms with Gasteiger partial charge in [-0.15, -0.1) is 0 Å². The standard InChI is InChI=1S/C33H38ClF3N4O2/c34-26-9-10-27(23-5-2-1-3-6-23)25(21-26)13-16-39-14-11-24(12-15-39)31(38)32(43)41-19-17-40(18-20-41)22-28-29(33(35,36)37)7-4-8-30(28)42/h1-10,21,24,31,42H,11-20,22,38H2/t31-/m1/s1. The Morgan fingerprint density at radius 1 is 0.930 bits per heavy atom. The Kier molecular flexibility index (Phi) is 9.96. The minimum absolute atomic E-state index is 0.0317. The number of amides is 1. The number of hydrogen-bond acceptors (Lipinski definition) is 5. The zero-order chi connectivity index (χ0) is 30.6. The van der Waals surface area contributed by atoms with Gasteiger partial charge in [-0.05, 0) is 79.2 Å². The molecule has 0 unspecified atom stereocenters. The van der Waals surface area contributed by atoms with Gasteiger partial charge in [-0.2, -0.15) is 13.2 Å². The molecule has 3 aromatic rings. The fourth-order valence-corrected chi connectivity index (χ4v) is 6.45. The predicted molar refractivity (Wildman–Crippen MR) is 163 cm³/mol. The highest BCUT2D eigenvalue weighted by Crippen LogP contribution is 2.36. The van der Waals surface area contributed by atoms with Crippen molar-refractivity contribution >= 4 is 17.5 Å². The summed E-state index contributed by atoms with van der Waals surface area (Å²) >= 11 is 6.33. The number of nitrogens with zero attached hydrogens (tertiary/aromatic N) is 3. The summed E-state index contributed by atoms with van der Waals surface area (Å²) in [7, 11) is 0. The first-order valence-corrected chi connectivity index (χ1v) is 15.2. The number of aromatic hydroxyl groups is 1. The van der Waals surface area contributed by atoms with E-state index >= 15 is 0 Å². The molecule has 0 aliphatic carbocycles. The van der Waals surface area contributed by atoms with Crippen LogP contribution in [0.15, 0.2) is 66.7 Å². The third-order valence-electron chi connectivity index (χ3n) is 8.80. The molecule has 2 saturated heterocycles. The van der Waals surface area contributed by atoms with Crippen LogP contribution in [0.25, 0.3) is 11.1 Å². The van der Waals surface area contributed by atoms with Crippen LogP contribution in [-0.4, -0.2) is 77.6 Å². The van der Waals surface area contributed by atoms with Gasteiger partial charge in [-0.1, -0.05) is 54.1 Å². The van der Waals surface area contributed by atoms with Crippen LogP contribution in [0.5, 0.6) is 5.75 Å². The number of hydrogen-bond donors (Lipinski definition) is 2. The number of rotatable bonds is 8. The number of phenols is 1. The van der Waals surface area contributed by atoms with Gasteiger partial charge in [-0.3, -0.25) is 9.69 Å². The van der Waals surface area contributed by atoms with Gasteiger partial charge in [0.15, 0.2) is 0 Å². The Bertz CT molecular complexity index is 1390. The average Bonchev–Trinajstić information content (AvgIpc) is 3.01. The fraction of sp³-hybridized carbons (Fsp3) is 0.424. The first-order valence-electron chi connectivity index (χ1n) is 14.8. The number of likely N-dealkylation sites (tertiary alicyclic amines) is 1. The first kappa shape index (κ1) is 31.3. The zero-order valence-electron chi connectivity index (χ0n) is 24.1. The lowest BCUT2D eigenvalue weighted by Crippen LogP contribution is -2.55. The third kappa shape index (κ3) is 7.70. The minimum Gasteiger partial charge on any atom is -0.508 e. The van der Waals surface area contributed by atoms with Crippen LogP contribution < -0.4 is 5.73 Å². The molecule has 3 N–H and O–H groups in total. The van der Waals surface area contributed by atoms with Gasteiger partial charge in [0.1, 0.15) is 5.75 Å². The second kappa shape index (κ2) is 13.7. The van der Waals surface area contributed by atoms with Crippen molar-refractivity contribution in [2.45, 2.75) is 38.0 Å². The van der Waals surface area contributed by atoms with Gasteiger partial charge >= 0.3 is 6.18 Å². The van der Waals surface area contributed by atoms with Crippen molar-refractivity contribution in [1.29, 1.82) is 0 Å². The molecular weight excluding hydrogens is 577 g/mol. The van der Waals surface area contributed by atoms with E-state index in [2.05, 4.69) is 23.1 Å². The number of piperazine rings is 1. The molecule has 0 bridgehead atoms. The Labute approximate surface area is 255 Å². The van der Waals surface area contributed by atoms with Crippen molar-refractivity contribution in [3.05, 3.63) is 88.4 Å². The molecular formula is C33H38ClF3N4O2. The van der Waals surface area contributed by atoms with Crippen molar-refractivity contribution in [2.75, 3.05) is 45.8 Å². The number of alkyl halides is 3. The molecule has 0 saturated carbocycles. The molecule has 0 aromatic heterocycles. The van der Waals surface area contributed by atoms with Crippen LogP contribution in [-0.2, 0) is 23.9 Å². The molecule has 5 rings (SSSR count). The summed E-state index contributed by atoms with van der Waals surface area (Å²) in [6.45, 7) is 4.20. The van der Waals surface area contributed by atoms with Crippen molar-refractivity contribution in [1.82, 2.24) is 14.7 Å². The predicted octanol–water partition coefficient (Wildman–Crippen LogP) is 5.66. The Balaban J connectivity index is 1.09. The summed E-state index contributed by atoms with van der Waals surface area (Å²) in [6, 6.07) is 19.2. The number of phenolic OH excluding ortho intramolecular Hbond substituents is 1. The van der Waals surface area contributed by atoms with E-state index in [0.29, 0.717) is 26.2 Å². The summed E-state index contributed by atoms with van der Waals surface area (Å²) in [5.74, 6) is -0.377. The van der Waals surface area contributed by atoms with E-state index < -0.39 is 17.8 Å². The van der Waals surface area contributed by atoms with Crippen molar-refractivity contribution in [2.24, 2.45) is 11.7 Å². The summed E-state index contributed by atoms with van der Waals surface area (Å²) < 4.78 is 40.4. The lowest BCUT2D eigenvalue weighted by molar-refractivity contribution is -0.138. The van der Waals surface area contributed by atoms with Gasteiger partial charge in [-0.25, -0.2) is 0 Å². The van der Waals surface area contributed by atoms with E-state index in [-0.39, 0.29) is 29.7 Å². The molecule has 1 atom stereocenters. The summed E-state index contributed by atoms with van der Waals surface area (Å²) in [4.78, 5) is 19.2. The molecule has 6 nitrogen and oxygen atoms in total. The molecule has 230 valence electrons. The quantitative estimate of drug-likeness (QED) is 0.343. The fourth-order valence-electron chi connectivity index (χ4n) is 6.25. The lowest BCUT2D eigenvalue weighted by atomic mass is 9.88. The van der Waals surface area contributed by atoms with E-state index in [4.69, 9.17) is 17.3 Å². The lowest BCUT2D eigenvalue weighted by Gasteiger charge is -2.39. The maximum Gasteiger partial charge on any atom is 0.416 e. The monoisotopic (exact) mass is 614 g/mol. The molecule has 2 heterocycles. The highest BCUT2D eigenvalue weighted by Gasteiger charge is 2.36. The smallest absolute Gasteiger partial charge is 0.416 e. The first-order chi connectivity index (χ1) is 20.6.